The first-order valence-corrected chi connectivity index (χ1v) is 6.74. The Labute approximate surface area is 131 Å². The molecule has 9 heteroatoms. The van der Waals surface area contributed by atoms with E-state index in [2.05, 4.69) is 10.9 Å². The molecule has 1 aliphatic rings. The van der Waals surface area contributed by atoms with Crippen molar-refractivity contribution < 1.29 is 23.6 Å². The Kier molecular flexibility index (Phi) is 4.89. The molecule has 0 spiro atoms. The summed E-state index contributed by atoms with van der Waals surface area (Å²) >= 11 is 0. The minimum absolute atomic E-state index is 0.0507. The van der Waals surface area contributed by atoms with Crippen molar-refractivity contribution in [2.75, 3.05) is 20.1 Å². The van der Waals surface area contributed by atoms with Gasteiger partial charge in [0.25, 0.3) is 11.8 Å². The summed E-state index contributed by atoms with van der Waals surface area (Å²) in [7, 11) is 1.45. The maximum Gasteiger partial charge on any atom is 0.327 e. The van der Waals surface area contributed by atoms with Gasteiger partial charge in [-0.3, -0.25) is 30.1 Å². The minimum atomic E-state index is -0.700. The van der Waals surface area contributed by atoms with Gasteiger partial charge in [0.15, 0.2) is 0 Å². The number of imide groups is 1. The van der Waals surface area contributed by atoms with Crippen LogP contribution in [0.1, 0.15) is 5.56 Å². The van der Waals surface area contributed by atoms with Crippen LogP contribution in [0.25, 0.3) is 0 Å². The van der Waals surface area contributed by atoms with E-state index in [0.29, 0.717) is 5.56 Å². The van der Waals surface area contributed by atoms with E-state index in [1.54, 1.807) is 0 Å². The number of carbonyl (C=O) groups is 4. The maximum atomic E-state index is 12.7. The van der Waals surface area contributed by atoms with Crippen molar-refractivity contribution in [1.82, 2.24) is 20.7 Å². The maximum absolute atomic E-state index is 12.7. The number of likely N-dealkylation sites (N-methyl/N-ethyl adjacent to an activating group) is 1. The molecule has 0 bridgehead atoms. The summed E-state index contributed by atoms with van der Waals surface area (Å²) in [5.74, 6) is -2.10. The second-order valence-electron chi connectivity index (χ2n) is 5.02. The van der Waals surface area contributed by atoms with Crippen LogP contribution in [0.2, 0.25) is 0 Å². The number of benzene rings is 1. The molecule has 8 nitrogen and oxygen atoms in total. The lowest BCUT2D eigenvalue weighted by atomic mass is 10.1. The van der Waals surface area contributed by atoms with Gasteiger partial charge in [-0.2, -0.15) is 0 Å². The van der Waals surface area contributed by atoms with Gasteiger partial charge in [0.1, 0.15) is 18.9 Å². The zero-order chi connectivity index (χ0) is 17.0. The molecule has 1 aromatic carbocycles. The van der Waals surface area contributed by atoms with Gasteiger partial charge in [-0.25, -0.2) is 9.18 Å². The SMILES string of the molecule is CN1CC(=O)N(CC(=O)NNC(=O)Cc2ccc(F)cc2)C1=O. The van der Waals surface area contributed by atoms with Gasteiger partial charge in [0, 0.05) is 7.05 Å². The van der Waals surface area contributed by atoms with E-state index in [4.69, 9.17) is 0 Å². The van der Waals surface area contributed by atoms with E-state index in [1.165, 1.54) is 36.2 Å². The molecular weight excluding hydrogens is 307 g/mol. The molecule has 0 unspecified atom stereocenters. The number of hydrazine groups is 1. The first-order chi connectivity index (χ1) is 10.9. The van der Waals surface area contributed by atoms with Crippen LogP contribution in [0, 0.1) is 5.82 Å². The van der Waals surface area contributed by atoms with Gasteiger partial charge in [0.05, 0.1) is 6.42 Å². The van der Waals surface area contributed by atoms with Crippen LogP contribution < -0.4 is 10.9 Å². The summed E-state index contributed by atoms with van der Waals surface area (Å²) in [6.07, 6.45) is -0.0507. The van der Waals surface area contributed by atoms with Gasteiger partial charge in [-0.05, 0) is 17.7 Å². The number of urea groups is 1. The van der Waals surface area contributed by atoms with Gasteiger partial charge < -0.3 is 4.90 Å². The predicted octanol–water partition coefficient (Wildman–Crippen LogP) is -0.590. The Hall–Kier alpha value is -2.97. The van der Waals surface area contributed by atoms with Crippen molar-refractivity contribution in [2.24, 2.45) is 0 Å². The third kappa shape index (κ3) is 4.25. The molecule has 23 heavy (non-hydrogen) atoms. The number of carbonyl (C=O) groups excluding carboxylic acids is 4. The Morgan fingerprint density at radius 1 is 1.13 bits per heavy atom. The fourth-order valence-corrected chi connectivity index (χ4v) is 1.98. The van der Waals surface area contributed by atoms with Crippen LogP contribution in [0.3, 0.4) is 0 Å². The molecule has 1 saturated heterocycles. The molecule has 0 radical (unpaired) electrons. The lowest BCUT2D eigenvalue weighted by molar-refractivity contribution is -0.132. The zero-order valence-electron chi connectivity index (χ0n) is 12.3. The summed E-state index contributed by atoms with van der Waals surface area (Å²) in [6, 6.07) is 4.79. The van der Waals surface area contributed by atoms with E-state index >= 15 is 0 Å². The predicted molar refractivity (Wildman–Crippen MR) is 76.1 cm³/mol. The van der Waals surface area contributed by atoms with Crippen molar-refractivity contribution in [3.8, 4) is 0 Å². The van der Waals surface area contributed by atoms with Crippen molar-refractivity contribution in [3.05, 3.63) is 35.6 Å². The Morgan fingerprint density at radius 2 is 1.74 bits per heavy atom. The Balaban J connectivity index is 1.78. The van der Waals surface area contributed by atoms with Gasteiger partial charge in [-0.1, -0.05) is 12.1 Å². The highest BCUT2D eigenvalue weighted by molar-refractivity contribution is 6.04. The zero-order valence-corrected chi connectivity index (χ0v) is 12.3. The molecule has 1 fully saturated rings. The summed E-state index contributed by atoms with van der Waals surface area (Å²) in [5, 5.41) is 0. The number of nitrogens with zero attached hydrogens (tertiary/aromatic N) is 2. The lowest BCUT2D eigenvalue weighted by Gasteiger charge is -2.14. The molecular formula is C14H15FN4O4. The molecule has 5 amide bonds. The van der Waals surface area contributed by atoms with Crippen LogP contribution >= 0.6 is 0 Å². The highest BCUT2D eigenvalue weighted by atomic mass is 19.1. The number of rotatable bonds is 4. The quantitative estimate of drug-likeness (QED) is 0.572. The number of hydrogen-bond acceptors (Lipinski definition) is 4. The van der Waals surface area contributed by atoms with Crippen LogP contribution in [0.5, 0.6) is 0 Å². The van der Waals surface area contributed by atoms with E-state index < -0.39 is 36.1 Å². The number of amides is 5. The van der Waals surface area contributed by atoms with E-state index in [9.17, 15) is 23.6 Å². The largest absolute Gasteiger partial charge is 0.327 e. The van der Waals surface area contributed by atoms with Crippen LogP contribution in [0.4, 0.5) is 9.18 Å². The standard InChI is InChI=1S/C14H15FN4O4/c1-18-8-13(22)19(14(18)23)7-12(21)17-16-11(20)6-9-2-4-10(15)5-3-9/h2-5H,6-8H2,1H3,(H,16,20)(H,17,21). The second-order valence-corrected chi connectivity index (χ2v) is 5.02. The Bertz CT molecular complexity index is 647. The highest BCUT2D eigenvalue weighted by Gasteiger charge is 2.34. The molecule has 2 rings (SSSR count). The van der Waals surface area contributed by atoms with E-state index in [1.807, 2.05) is 0 Å². The number of hydrogen-bond donors (Lipinski definition) is 2. The average Bonchev–Trinajstić information content (AvgIpc) is 2.74. The normalized spacial score (nSPS) is 14.2. The van der Waals surface area contributed by atoms with Crippen molar-refractivity contribution >= 4 is 23.8 Å². The van der Waals surface area contributed by atoms with Crippen LogP contribution in [0.15, 0.2) is 24.3 Å². The van der Waals surface area contributed by atoms with E-state index in [0.717, 1.165) is 4.90 Å². The summed E-state index contributed by atoms with van der Waals surface area (Å²) < 4.78 is 12.7. The number of halogens is 1. The monoisotopic (exact) mass is 322 g/mol. The van der Waals surface area contributed by atoms with Gasteiger partial charge in [0.2, 0.25) is 5.91 Å². The molecule has 2 N–H and O–H groups in total. The van der Waals surface area contributed by atoms with Crippen LogP contribution in [-0.2, 0) is 20.8 Å². The van der Waals surface area contributed by atoms with Crippen molar-refractivity contribution in [2.45, 2.75) is 6.42 Å². The number of nitrogens with one attached hydrogen (secondary N) is 2. The molecule has 0 aromatic heterocycles. The minimum Gasteiger partial charge on any atom is -0.318 e. The molecule has 0 atom stereocenters. The average molecular weight is 322 g/mol. The van der Waals surface area contributed by atoms with Gasteiger partial charge in [-0.15, -0.1) is 0 Å². The fraction of sp³-hybridized carbons (Fsp3) is 0.286. The Morgan fingerprint density at radius 3 is 2.30 bits per heavy atom. The summed E-state index contributed by atoms with van der Waals surface area (Å²) in [6.45, 7) is -0.554. The van der Waals surface area contributed by atoms with E-state index in [-0.39, 0.29) is 13.0 Å². The first kappa shape index (κ1) is 16.4. The third-order valence-electron chi connectivity index (χ3n) is 3.15. The fourth-order valence-electron chi connectivity index (χ4n) is 1.98. The molecule has 1 aliphatic heterocycles. The molecule has 0 aliphatic carbocycles. The van der Waals surface area contributed by atoms with Crippen LogP contribution in [-0.4, -0.2) is 53.7 Å². The summed E-state index contributed by atoms with van der Waals surface area (Å²) in [4.78, 5) is 48.4. The molecule has 1 aromatic rings. The van der Waals surface area contributed by atoms with Crippen molar-refractivity contribution in [3.63, 3.8) is 0 Å². The molecule has 1 heterocycles. The molecule has 0 saturated carbocycles. The smallest absolute Gasteiger partial charge is 0.318 e. The topological polar surface area (TPSA) is 98.8 Å². The second kappa shape index (κ2) is 6.86. The van der Waals surface area contributed by atoms with Gasteiger partial charge >= 0.3 is 6.03 Å². The lowest BCUT2D eigenvalue weighted by Crippen LogP contribution is -2.48. The molecule has 122 valence electrons. The summed E-state index contributed by atoms with van der Waals surface area (Å²) in [5.41, 5.74) is 4.86. The van der Waals surface area contributed by atoms with Crippen molar-refractivity contribution in [1.29, 1.82) is 0 Å². The highest BCUT2D eigenvalue weighted by Crippen LogP contribution is 2.06. The first-order valence-electron chi connectivity index (χ1n) is 6.74. The third-order valence-corrected chi connectivity index (χ3v) is 3.15.